The number of aliphatic hydroxyl groups is 3. The van der Waals surface area contributed by atoms with Gasteiger partial charge in [-0.3, -0.25) is 40.8 Å². The van der Waals surface area contributed by atoms with E-state index in [0.29, 0.717) is 6.92 Å². The van der Waals surface area contributed by atoms with E-state index in [0.717, 1.165) is 0 Å². The van der Waals surface area contributed by atoms with Crippen molar-refractivity contribution in [3.05, 3.63) is 0 Å². The van der Waals surface area contributed by atoms with Crippen LogP contribution in [-0.2, 0) is 40.8 Å². The summed E-state index contributed by atoms with van der Waals surface area (Å²) in [5.41, 5.74) is 0. The number of rotatable bonds is 12. The minimum Gasteiger partial charge on any atom is -0.756 e. The molecule has 0 spiro atoms. The van der Waals surface area contributed by atoms with Crippen molar-refractivity contribution >= 4 is 23.5 Å². The minimum absolute atomic E-state index is 0.328. The molecule has 140 valence electrons. The molecule has 18 heteroatoms. The van der Waals surface area contributed by atoms with Crippen LogP contribution in [0.1, 0.15) is 6.92 Å². The third-order valence-electron chi connectivity index (χ3n) is 1.48. The molecule has 3 N–H and O–H groups in total. The molecule has 0 aliphatic carbocycles. The average Bonchev–Trinajstić information content (AvgIpc) is 2.23. The molecule has 0 aromatic heterocycles. The van der Waals surface area contributed by atoms with E-state index >= 15 is 0 Å². The Kier molecular flexibility index (Phi) is 9.14. The number of hydrogen-bond donors (Lipinski definition) is 3. The van der Waals surface area contributed by atoms with Crippen LogP contribution in [0.4, 0.5) is 0 Å². The topological polar surface area (TPSA) is 236 Å². The second kappa shape index (κ2) is 9.06. The Bertz CT molecular complexity index is 434. The van der Waals surface area contributed by atoms with Gasteiger partial charge in [0.2, 0.25) is 0 Å². The van der Waals surface area contributed by atoms with Crippen molar-refractivity contribution in [2.75, 3.05) is 20.4 Å². The van der Waals surface area contributed by atoms with Crippen molar-refractivity contribution in [2.24, 2.45) is 0 Å². The fraction of sp³-hybridized carbons (Fsp3) is 1.00. The van der Waals surface area contributed by atoms with E-state index < -0.39 is 49.8 Å². The average molecular weight is 405 g/mol. The zero-order valence-electron chi connectivity index (χ0n) is 11.2. The Balaban J connectivity index is 5.47. The Hall–Kier alpha value is 0.210. The molecule has 23 heavy (non-hydrogen) atoms. The molecule has 0 radical (unpaired) electrons. The predicted octanol–water partition coefficient (Wildman–Crippen LogP) is -2.99. The first-order chi connectivity index (χ1) is 10.3. The molecule has 0 heterocycles. The maximum absolute atomic E-state index is 11.2. The number of phosphoric ester groups is 3. The van der Waals surface area contributed by atoms with Gasteiger partial charge in [-0.25, -0.2) is 0 Å². The van der Waals surface area contributed by atoms with Gasteiger partial charge in [-0.05, 0) is 0 Å². The first-order valence-electron chi connectivity index (χ1n) is 5.12. The zero-order valence-corrected chi connectivity index (χ0v) is 13.9. The molecule has 0 aromatic carbocycles. The number of hydrogen-bond acceptors (Lipinski definition) is 15. The normalized spacial score (nSPS) is 22.6. The summed E-state index contributed by atoms with van der Waals surface area (Å²) in [5.74, 6) is -3.48. The first kappa shape index (κ1) is 23.2. The highest BCUT2D eigenvalue weighted by Gasteiger charge is 2.41. The highest BCUT2D eigenvalue weighted by atomic mass is 31.2. The standard InChI is InChI=1S/C5H15O15P3/c1-5(18-21(9,10)15-2-6,19-22(11,12)16-3-7)20-23(13,14)17-4-8/h6-8H,2-4H2,1H3,(H,9,10)(H,11,12)(H,13,14)/p-3. The molecule has 0 amide bonds. The lowest BCUT2D eigenvalue weighted by Crippen LogP contribution is -2.38. The minimum atomic E-state index is -5.53. The van der Waals surface area contributed by atoms with Gasteiger partial charge in [0.25, 0.3) is 29.4 Å². The molecule has 15 nitrogen and oxygen atoms in total. The summed E-state index contributed by atoms with van der Waals surface area (Å²) in [6.45, 7) is -4.00. The lowest BCUT2D eigenvalue weighted by molar-refractivity contribution is -0.347. The molecule has 0 saturated carbocycles. The van der Waals surface area contributed by atoms with E-state index in [1.807, 2.05) is 0 Å². The van der Waals surface area contributed by atoms with Crippen LogP contribution < -0.4 is 14.7 Å². The molecule has 0 saturated heterocycles. The zero-order chi connectivity index (χ0) is 18.4. The molecular weight excluding hydrogens is 393 g/mol. The van der Waals surface area contributed by atoms with Crippen molar-refractivity contribution < 1.29 is 70.8 Å². The lowest BCUT2D eigenvalue weighted by atomic mass is 10.7. The molecule has 3 unspecified atom stereocenters. The number of aliphatic hydroxyl groups excluding tert-OH is 3. The molecule has 0 aliphatic rings. The summed E-state index contributed by atoms with van der Waals surface area (Å²) < 4.78 is 56.6. The van der Waals surface area contributed by atoms with Gasteiger partial charge in [0.15, 0.2) is 20.4 Å². The SMILES string of the molecule is CC(OP(=O)([O-])OCO)(OP(=O)([O-])OCO)OP(=O)([O-])OCO. The Morgan fingerprint density at radius 1 is 0.739 bits per heavy atom. The smallest absolute Gasteiger partial charge is 0.298 e. The van der Waals surface area contributed by atoms with Gasteiger partial charge in [0.1, 0.15) is 0 Å². The van der Waals surface area contributed by atoms with Gasteiger partial charge in [-0.2, -0.15) is 0 Å². The summed E-state index contributed by atoms with van der Waals surface area (Å²) in [6, 6.07) is 0. The van der Waals surface area contributed by atoms with Gasteiger partial charge in [0.05, 0.1) is 0 Å². The van der Waals surface area contributed by atoms with Crippen molar-refractivity contribution in [3.8, 4) is 0 Å². The fourth-order valence-corrected chi connectivity index (χ4v) is 3.15. The van der Waals surface area contributed by atoms with Gasteiger partial charge < -0.3 is 30.0 Å². The molecule has 0 fully saturated rings. The second-order valence-corrected chi connectivity index (χ2v) is 7.26. The van der Waals surface area contributed by atoms with Crippen molar-refractivity contribution in [1.29, 1.82) is 0 Å². The third-order valence-corrected chi connectivity index (χ3v) is 4.44. The van der Waals surface area contributed by atoms with Crippen LogP contribution in [0.25, 0.3) is 0 Å². The molecular formula is C5H12O15P3-3. The van der Waals surface area contributed by atoms with Gasteiger partial charge in [0, 0.05) is 6.92 Å². The van der Waals surface area contributed by atoms with Crippen LogP contribution in [0.5, 0.6) is 0 Å². The van der Waals surface area contributed by atoms with Crippen molar-refractivity contribution in [2.45, 2.75) is 12.9 Å². The summed E-state index contributed by atoms with van der Waals surface area (Å²) in [6.07, 6.45) is 0. The molecule has 0 aromatic rings. The fourth-order valence-electron chi connectivity index (χ4n) is 0.950. The maximum atomic E-state index is 11.2. The molecule has 0 aliphatic heterocycles. The predicted molar refractivity (Wildman–Crippen MR) is 59.0 cm³/mol. The van der Waals surface area contributed by atoms with Crippen molar-refractivity contribution in [3.63, 3.8) is 0 Å². The van der Waals surface area contributed by atoms with E-state index in [-0.39, 0.29) is 0 Å². The summed E-state index contributed by atoms with van der Waals surface area (Å²) in [5, 5.41) is 25.0. The highest BCUT2D eigenvalue weighted by Crippen LogP contribution is 2.55. The maximum Gasteiger partial charge on any atom is 0.298 e. The third kappa shape index (κ3) is 9.94. The Morgan fingerprint density at radius 2 is 0.957 bits per heavy atom. The summed E-state index contributed by atoms with van der Waals surface area (Å²) >= 11 is 0. The van der Waals surface area contributed by atoms with Crippen LogP contribution in [-0.4, -0.2) is 41.7 Å². The largest absolute Gasteiger partial charge is 0.756 e. The monoisotopic (exact) mass is 405 g/mol. The van der Waals surface area contributed by atoms with Crippen LogP contribution in [0.15, 0.2) is 0 Å². The number of phosphoric acid groups is 3. The van der Waals surface area contributed by atoms with Gasteiger partial charge in [-0.15, -0.1) is 0 Å². The summed E-state index contributed by atoms with van der Waals surface area (Å²) in [7, 11) is -16.6. The van der Waals surface area contributed by atoms with Gasteiger partial charge >= 0.3 is 0 Å². The molecule has 0 rings (SSSR count). The lowest BCUT2D eigenvalue weighted by Gasteiger charge is -2.40. The van der Waals surface area contributed by atoms with E-state index in [9.17, 15) is 28.4 Å². The van der Waals surface area contributed by atoms with E-state index in [2.05, 4.69) is 27.1 Å². The Morgan fingerprint density at radius 3 is 1.13 bits per heavy atom. The quantitative estimate of drug-likeness (QED) is 0.217. The van der Waals surface area contributed by atoms with E-state index in [4.69, 9.17) is 15.3 Å². The van der Waals surface area contributed by atoms with Crippen LogP contribution >= 0.6 is 23.5 Å². The second-order valence-electron chi connectivity index (χ2n) is 3.25. The van der Waals surface area contributed by atoms with Crippen LogP contribution in [0.2, 0.25) is 0 Å². The van der Waals surface area contributed by atoms with Crippen LogP contribution in [0, 0.1) is 0 Å². The van der Waals surface area contributed by atoms with Crippen molar-refractivity contribution in [1.82, 2.24) is 0 Å². The first-order valence-corrected chi connectivity index (χ1v) is 9.50. The Labute approximate surface area is 128 Å². The van der Waals surface area contributed by atoms with Crippen LogP contribution in [0.3, 0.4) is 0 Å². The van der Waals surface area contributed by atoms with E-state index in [1.165, 1.54) is 0 Å². The molecule has 3 atom stereocenters. The van der Waals surface area contributed by atoms with Gasteiger partial charge in [-0.1, -0.05) is 0 Å². The summed E-state index contributed by atoms with van der Waals surface area (Å²) in [4.78, 5) is 33.7. The molecule has 0 bridgehead atoms. The van der Waals surface area contributed by atoms with E-state index in [1.54, 1.807) is 0 Å². The highest BCUT2D eigenvalue weighted by molar-refractivity contribution is 7.47.